The van der Waals surface area contributed by atoms with E-state index >= 15 is 0 Å². The Morgan fingerprint density at radius 3 is 2.55 bits per heavy atom. The molecule has 0 rings (SSSR count). The predicted molar refractivity (Wildman–Crippen MR) is 48.4 cm³/mol. The van der Waals surface area contributed by atoms with Crippen molar-refractivity contribution in [1.82, 2.24) is 0 Å². The summed E-state index contributed by atoms with van der Waals surface area (Å²) in [6.45, 7) is 5.68. The molecule has 62 valence electrons. The van der Waals surface area contributed by atoms with Gasteiger partial charge < -0.3 is 4.79 Å². The normalized spacial score (nSPS) is 13.2. The number of aldehydes is 1. The summed E-state index contributed by atoms with van der Waals surface area (Å²) in [5.74, 6) is 0.135. The third-order valence-electron chi connectivity index (χ3n) is 1.50. The second-order valence-corrected chi connectivity index (χ2v) is 2.54. The van der Waals surface area contributed by atoms with Gasteiger partial charge in [-0.05, 0) is 19.3 Å². The van der Waals surface area contributed by atoms with Crippen LogP contribution in [-0.2, 0) is 4.79 Å². The van der Waals surface area contributed by atoms with E-state index in [-0.39, 0.29) is 5.92 Å². The van der Waals surface area contributed by atoms with Crippen molar-refractivity contribution in [2.75, 3.05) is 0 Å². The molecule has 0 aromatic carbocycles. The molecule has 0 aromatic rings. The molecule has 0 aliphatic carbocycles. The highest BCUT2D eigenvalue weighted by Gasteiger charge is 2.00. The molecule has 1 heteroatoms. The molecule has 1 unspecified atom stereocenters. The molecule has 0 spiro atoms. The summed E-state index contributed by atoms with van der Waals surface area (Å²) in [4.78, 5) is 10.4. The summed E-state index contributed by atoms with van der Waals surface area (Å²) in [7, 11) is 0. The van der Waals surface area contributed by atoms with Gasteiger partial charge in [0.1, 0.15) is 6.29 Å². The molecule has 11 heavy (non-hydrogen) atoms. The number of hydrogen-bond donors (Lipinski definition) is 0. The number of rotatable bonds is 6. The average molecular weight is 152 g/mol. The fraction of sp³-hybridized carbons (Fsp3) is 0.500. The minimum absolute atomic E-state index is 0.135. The van der Waals surface area contributed by atoms with Crippen LogP contribution in [0.5, 0.6) is 0 Å². The van der Waals surface area contributed by atoms with Crippen LogP contribution in [-0.4, -0.2) is 6.29 Å². The maximum Gasteiger partial charge on any atom is 0.123 e. The summed E-state index contributed by atoms with van der Waals surface area (Å²) in [6.07, 6.45) is 9.61. The van der Waals surface area contributed by atoms with E-state index in [2.05, 4.69) is 25.7 Å². The molecule has 1 nitrogen and oxygen atoms in total. The number of allylic oxidation sites excluding steroid dienone is 3. The number of carbonyl (C=O) groups excluding carboxylic acids is 1. The maximum absolute atomic E-state index is 10.4. The summed E-state index contributed by atoms with van der Waals surface area (Å²) in [5, 5.41) is 0. The highest BCUT2D eigenvalue weighted by atomic mass is 16.1. The van der Waals surface area contributed by atoms with Gasteiger partial charge >= 0.3 is 0 Å². The molecular formula is C10H16O. The van der Waals surface area contributed by atoms with E-state index in [1.54, 1.807) is 6.08 Å². The first-order valence-corrected chi connectivity index (χ1v) is 4.06. The summed E-state index contributed by atoms with van der Waals surface area (Å²) in [5.41, 5.74) is 0. The Labute approximate surface area is 68.8 Å². The smallest absolute Gasteiger partial charge is 0.123 e. The van der Waals surface area contributed by atoms with Crippen molar-refractivity contribution in [1.29, 1.82) is 0 Å². The van der Waals surface area contributed by atoms with Crippen molar-refractivity contribution in [2.45, 2.75) is 26.2 Å². The zero-order valence-corrected chi connectivity index (χ0v) is 7.12. The van der Waals surface area contributed by atoms with Crippen LogP contribution in [0.1, 0.15) is 26.2 Å². The van der Waals surface area contributed by atoms with Gasteiger partial charge in [0.05, 0.1) is 0 Å². The molecule has 0 aliphatic rings. The first kappa shape index (κ1) is 10.2. The number of hydrogen-bond acceptors (Lipinski definition) is 1. The van der Waals surface area contributed by atoms with Crippen molar-refractivity contribution >= 4 is 6.29 Å². The van der Waals surface area contributed by atoms with Gasteiger partial charge in [0.15, 0.2) is 0 Å². The Balaban J connectivity index is 3.59. The van der Waals surface area contributed by atoms with Crippen molar-refractivity contribution < 1.29 is 4.79 Å². The third-order valence-corrected chi connectivity index (χ3v) is 1.50. The zero-order valence-electron chi connectivity index (χ0n) is 7.12. The van der Waals surface area contributed by atoms with E-state index < -0.39 is 0 Å². The third kappa shape index (κ3) is 5.59. The Hall–Kier alpha value is -0.850. The van der Waals surface area contributed by atoms with Gasteiger partial charge in [-0.2, -0.15) is 0 Å². The lowest BCUT2D eigenvalue weighted by Gasteiger charge is -2.01. The average Bonchev–Trinajstić information content (AvgIpc) is 2.03. The van der Waals surface area contributed by atoms with E-state index in [1.165, 1.54) is 0 Å². The first-order valence-electron chi connectivity index (χ1n) is 4.06. The van der Waals surface area contributed by atoms with Gasteiger partial charge in [-0.3, -0.25) is 0 Å². The molecule has 0 heterocycles. The molecule has 0 saturated carbocycles. The Morgan fingerprint density at radius 1 is 1.36 bits per heavy atom. The molecule has 0 amide bonds. The van der Waals surface area contributed by atoms with Crippen LogP contribution in [0.2, 0.25) is 0 Å². The Kier molecular flexibility index (Phi) is 6.70. The van der Waals surface area contributed by atoms with Gasteiger partial charge in [0.2, 0.25) is 0 Å². The van der Waals surface area contributed by atoms with Crippen LogP contribution < -0.4 is 0 Å². The quantitative estimate of drug-likeness (QED) is 0.422. The maximum atomic E-state index is 10.4. The zero-order chi connectivity index (χ0) is 8.53. The highest BCUT2D eigenvalue weighted by Crippen LogP contribution is 2.06. The number of carbonyl (C=O) groups is 1. The Morgan fingerprint density at radius 2 is 2.09 bits per heavy atom. The van der Waals surface area contributed by atoms with Crippen LogP contribution in [0.25, 0.3) is 0 Å². The van der Waals surface area contributed by atoms with Gasteiger partial charge in [-0.25, -0.2) is 0 Å². The molecule has 0 radical (unpaired) electrons. The van der Waals surface area contributed by atoms with Crippen LogP contribution >= 0.6 is 0 Å². The van der Waals surface area contributed by atoms with E-state index in [9.17, 15) is 4.79 Å². The Bertz CT molecular complexity index is 136. The predicted octanol–water partition coefficient (Wildman–Crippen LogP) is 2.73. The largest absolute Gasteiger partial charge is 0.303 e. The lowest BCUT2D eigenvalue weighted by molar-refractivity contribution is -0.110. The molecule has 0 aliphatic heterocycles. The van der Waals surface area contributed by atoms with E-state index in [0.29, 0.717) is 0 Å². The van der Waals surface area contributed by atoms with Gasteiger partial charge in [-0.15, -0.1) is 6.58 Å². The molecule has 0 aromatic heterocycles. The van der Waals surface area contributed by atoms with Gasteiger partial charge in [-0.1, -0.05) is 25.2 Å². The highest BCUT2D eigenvalue weighted by molar-refractivity contribution is 5.54. The molecule has 1 atom stereocenters. The summed E-state index contributed by atoms with van der Waals surface area (Å²) in [6, 6.07) is 0. The standard InChI is InChI=1S/C10H16O/c1-3-5-6-8-10(9-11)7-4-2/h4-6,9-10H,2-3,7-8H2,1H3/b6-5-. The van der Waals surface area contributed by atoms with E-state index in [4.69, 9.17) is 0 Å². The molecule has 0 bridgehead atoms. The van der Waals surface area contributed by atoms with Crippen LogP contribution in [0.15, 0.2) is 24.8 Å². The topological polar surface area (TPSA) is 17.1 Å². The second kappa shape index (κ2) is 7.26. The van der Waals surface area contributed by atoms with Gasteiger partial charge in [0.25, 0.3) is 0 Å². The van der Waals surface area contributed by atoms with Crippen LogP contribution in [0.3, 0.4) is 0 Å². The summed E-state index contributed by atoms with van der Waals surface area (Å²) < 4.78 is 0. The van der Waals surface area contributed by atoms with Crippen molar-refractivity contribution in [3.05, 3.63) is 24.8 Å². The molecule has 0 N–H and O–H groups in total. The van der Waals surface area contributed by atoms with E-state index in [1.807, 2.05) is 0 Å². The van der Waals surface area contributed by atoms with Crippen molar-refractivity contribution in [3.8, 4) is 0 Å². The molecule has 0 fully saturated rings. The minimum Gasteiger partial charge on any atom is -0.303 e. The SMILES string of the molecule is C=CCC(C=O)C/C=C\CC. The molecule has 0 saturated heterocycles. The first-order chi connectivity index (χ1) is 5.35. The van der Waals surface area contributed by atoms with Gasteiger partial charge in [0, 0.05) is 5.92 Å². The van der Waals surface area contributed by atoms with Crippen molar-refractivity contribution in [2.24, 2.45) is 5.92 Å². The van der Waals surface area contributed by atoms with E-state index in [0.717, 1.165) is 25.5 Å². The summed E-state index contributed by atoms with van der Waals surface area (Å²) >= 11 is 0. The lowest BCUT2D eigenvalue weighted by atomic mass is 10.0. The monoisotopic (exact) mass is 152 g/mol. The fourth-order valence-electron chi connectivity index (χ4n) is 0.859. The second-order valence-electron chi connectivity index (χ2n) is 2.54. The van der Waals surface area contributed by atoms with Crippen molar-refractivity contribution in [3.63, 3.8) is 0 Å². The fourth-order valence-corrected chi connectivity index (χ4v) is 0.859. The van der Waals surface area contributed by atoms with Crippen LogP contribution in [0.4, 0.5) is 0 Å². The van der Waals surface area contributed by atoms with Crippen LogP contribution in [0, 0.1) is 5.92 Å². The minimum atomic E-state index is 0.135. The molecular weight excluding hydrogens is 136 g/mol. The lowest BCUT2D eigenvalue weighted by Crippen LogP contribution is -1.97.